The van der Waals surface area contributed by atoms with Crippen molar-refractivity contribution < 1.29 is 4.79 Å². The third kappa shape index (κ3) is 3.11. The van der Waals surface area contributed by atoms with Gasteiger partial charge < -0.3 is 15.1 Å². The van der Waals surface area contributed by atoms with Crippen molar-refractivity contribution in [1.29, 1.82) is 0 Å². The monoisotopic (exact) mass is 342 g/mol. The minimum absolute atomic E-state index is 0.0283. The lowest BCUT2D eigenvalue weighted by molar-refractivity contribution is 0.207. The molecule has 4 rings (SSSR count). The molecule has 1 atom stereocenters. The first-order valence-electron chi connectivity index (χ1n) is 8.62. The van der Waals surface area contributed by atoms with Crippen LogP contribution in [0.25, 0.3) is 0 Å². The summed E-state index contributed by atoms with van der Waals surface area (Å²) in [5.41, 5.74) is 2.01. The Labute approximate surface area is 146 Å². The maximum atomic E-state index is 12.6. The standard InChI is InChI=1S/C18H22N4OS/c23-18(22-10-3-4-16(22)14-7-11-24-13-14)20-15-5-6-17(19-12-15)21-8-1-2-9-21/h5-7,11-13,16H,1-4,8-10H2,(H,20,23)/t16-/m0/s1. The average molecular weight is 342 g/mol. The second-order valence-electron chi connectivity index (χ2n) is 6.44. The fraction of sp³-hybridized carbons (Fsp3) is 0.444. The number of rotatable bonds is 3. The van der Waals surface area contributed by atoms with Crippen LogP contribution in [-0.2, 0) is 0 Å². The van der Waals surface area contributed by atoms with Gasteiger partial charge in [-0.3, -0.25) is 0 Å². The van der Waals surface area contributed by atoms with Gasteiger partial charge >= 0.3 is 6.03 Å². The largest absolute Gasteiger partial charge is 0.357 e. The maximum Gasteiger partial charge on any atom is 0.322 e. The predicted octanol–water partition coefficient (Wildman–Crippen LogP) is 4.11. The van der Waals surface area contributed by atoms with Crippen LogP contribution < -0.4 is 10.2 Å². The molecular weight excluding hydrogens is 320 g/mol. The minimum Gasteiger partial charge on any atom is -0.357 e. The fourth-order valence-electron chi connectivity index (χ4n) is 3.61. The van der Waals surface area contributed by atoms with Gasteiger partial charge in [0.2, 0.25) is 0 Å². The second-order valence-corrected chi connectivity index (χ2v) is 7.22. The summed E-state index contributed by atoms with van der Waals surface area (Å²) in [6.45, 7) is 2.97. The molecule has 5 nitrogen and oxygen atoms in total. The molecule has 1 N–H and O–H groups in total. The summed E-state index contributed by atoms with van der Waals surface area (Å²) >= 11 is 1.68. The van der Waals surface area contributed by atoms with E-state index in [-0.39, 0.29) is 12.1 Å². The van der Waals surface area contributed by atoms with Gasteiger partial charge in [0.1, 0.15) is 5.82 Å². The van der Waals surface area contributed by atoms with Crippen LogP contribution in [0, 0.1) is 0 Å². The van der Waals surface area contributed by atoms with Crippen molar-refractivity contribution in [3.05, 3.63) is 40.7 Å². The highest BCUT2D eigenvalue weighted by molar-refractivity contribution is 7.08. The van der Waals surface area contributed by atoms with Crippen molar-refractivity contribution in [2.45, 2.75) is 31.7 Å². The Bertz CT molecular complexity index is 680. The number of carbonyl (C=O) groups excluding carboxylic acids is 1. The van der Waals surface area contributed by atoms with Crippen LogP contribution in [0.2, 0.25) is 0 Å². The number of thiophene rings is 1. The maximum absolute atomic E-state index is 12.6. The van der Waals surface area contributed by atoms with Crippen molar-refractivity contribution >= 4 is 28.9 Å². The Morgan fingerprint density at radius 2 is 2.04 bits per heavy atom. The molecule has 2 aromatic rings. The van der Waals surface area contributed by atoms with Crippen LogP contribution in [0.5, 0.6) is 0 Å². The highest BCUT2D eigenvalue weighted by Gasteiger charge is 2.30. The van der Waals surface area contributed by atoms with Crippen LogP contribution in [0.1, 0.15) is 37.3 Å². The SMILES string of the molecule is O=C(Nc1ccc(N2CCCC2)nc1)N1CCC[C@H]1c1ccsc1. The average Bonchev–Trinajstić information content (AvgIpc) is 3.35. The molecule has 0 aliphatic carbocycles. The molecule has 2 aromatic heterocycles. The van der Waals surface area contributed by atoms with E-state index < -0.39 is 0 Å². The first kappa shape index (κ1) is 15.4. The zero-order valence-electron chi connectivity index (χ0n) is 13.6. The minimum atomic E-state index is -0.0283. The number of nitrogens with one attached hydrogen (secondary N) is 1. The highest BCUT2D eigenvalue weighted by atomic mass is 32.1. The summed E-state index contributed by atoms with van der Waals surface area (Å²) in [6, 6.07) is 6.25. The van der Waals surface area contributed by atoms with Gasteiger partial charge in [0, 0.05) is 19.6 Å². The van der Waals surface area contributed by atoms with Gasteiger partial charge in [-0.05, 0) is 60.2 Å². The molecule has 0 aromatic carbocycles. The van der Waals surface area contributed by atoms with E-state index in [9.17, 15) is 4.79 Å². The van der Waals surface area contributed by atoms with E-state index in [1.54, 1.807) is 17.5 Å². The van der Waals surface area contributed by atoms with Gasteiger partial charge in [-0.15, -0.1) is 0 Å². The second kappa shape index (κ2) is 6.81. The fourth-order valence-corrected chi connectivity index (χ4v) is 4.32. The highest BCUT2D eigenvalue weighted by Crippen LogP contribution is 2.33. The Morgan fingerprint density at radius 1 is 1.17 bits per heavy atom. The molecule has 2 aliphatic rings. The lowest BCUT2D eigenvalue weighted by Gasteiger charge is -2.24. The summed E-state index contributed by atoms with van der Waals surface area (Å²) in [5.74, 6) is 1.00. The smallest absolute Gasteiger partial charge is 0.322 e. The zero-order valence-corrected chi connectivity index (χ0v) is 14.5. The van der Waals surface area contributed by atoms with E-state index >= 15 is 0 Å². The number of anilines is 2. The van der Waals surface area contributed by atoms with Gasteiger partial charge in [-0.2, -0.15) is 11.3 Å². The number of carbonyl (C=O) groups is 1. The van der Waals surface area contributed by atoms with Gasteiger partial charge in [0.25, 0.3) is 0 Å². The van der Waals surface area contributed by atoms with Crippen molar-refractivity contribution in [2.24, 2.45) is 0 Å². The quantitative estimate of drug-likeness (QED) is 0.913. The Hall–Kier alpha value is -2.08. The number of hydrogen-bond donors (Lipinski definition) is 1. The van der Waals surface area contributed by atoms with E-state index in [4.69, 9.17) is 0 Å². The third-order valence-corrected chi connectivity index (χ3v) is 5.57. The normalized spacial score (nSPS) is 20.6. The van der Waals surface area contributed by atoms with Crippen molar-refractivity contribution in [3.8, 4) is 0 Å². The van der Waals surface area contributed by atoms with Crippen molar-refractivity contribution in [2.75, 3.05) is 29.9 Å². The van der Waals surface area contributed by atoms with E-state index in [0.29, 0.717) is 0 Å². The molecule has 0 unspecified atom stereocenters. The molecule has 2 saturated heterocycles. The van der Waals surface area contributed by atoms with Crippen LogP contribution in [0.4, 0.5) is 16.3 Å². The lowest BCUT2D eigenvalue weighted by atomic mass is 10.1. The number of pyridine rings is 1. The Morgan fingerprint density at radius 3 is 2.75 bits per heavy atom. The number of amides is 2. The van der Waals surface area contributed by atoms with Gasteiger partial charge in [-0.25, -0.2) is 9.78 Å². The predicted molar refractivity (Wildman–Crippen MR) is 97.7 cm³/mol. The number of hydrogen-bond acceptors (Lipinski definition) is 4. The van der Waals surface area contributed by atoms with Crippen LogP contribution in [-0.4, -0.2) is 35.5 Å². The number of urea groups is 1. The van der Waals surface area contributed by atoms with Crippen LogP contribution in [0.3, 0.4) is 0 Å². The van der Waals surface area contributed by atoms with E-state index in [0.717, 1.165) is 44.0 Å². The van der Waals surface area contributed by atoms with E-state index in [1.807, 2.05) is 17.0 Å². The number of nitrogens with zero attached hydrogens (tertiary/aromatic N) is 3. The Balaban J connectivity index is 1.42. The zero-order chi connectivity index (χ0) is 16.4. The molecule has 0 radical (unpaired) electrons. The van der Waals surface area contributed by atoms with Crippen LogP contribution >= 0.6 is 11.3 Å². The van der Waals surface area contributed by atoms with Gasteiger partial charge in [-0.1, -0.05) is 0 Å². The van der Waals surface area contributed by atoms with Crippen LogP contribution in [0.15, 0.2) is 35.2 Å². The molecule has 2 aliphatic heterocycles. The molecule has 2 amide bonds. The van der Waals surface area contributed by atoms with Gasteiger partial charge in [0.05, 0.1) is 17.9 Å². The first-order valence-corrected chi connectivity index (χ1v) is 9.56. The molecule has 4 heterocycles. The third-order valence-electron chi connectivity index (χ3n) is 4.87. The molecular formula is C18H22N4OS. The number of aromatic nitrogens is 1. The van der Waals surface area contributed by atoms with Crippen molar-refractivity contribution in [1.82, 2.24) is 9.88 Å². The molecule has 0 saturated carbocycles. The Kier molecular flexibility index (Phi) is 4.38. The summed E-state index contributed by atoms with van der Waals surface area (Å²) < 4.78 is 0. The summed E-state index contributed by atoms with van der Waals surface area (Å²) in [7, 11) is 0. The molecule has 0 bridgehead atoms. The lowest BCUT2D eigenvalue weighted by Crippen LogP contribution is -2.34. The summed E-state index contributed by atoms with van der Waals surface area (Å²) in [5, 5.41) is 7.22. The molecule has 6 heteroatoms. The topological polar surface area (TPSA) is 48.5 Å². The first-order chi connectivity index (χ1) is 11.8. The van der Waals surface area contributed by atoms with E-state index in [2.05, 4.69) is 32.0 Å². The molecule has 126 valence electrons. The van der Waals surface area contributed by atoms with E-state index in [1.165, 1.54) is 18.4 Å². The van der Waals surface area contributed by atoms with Gasteiger partial charge in [0.15, 0.2) is 0 Å². The summed E-state index contributed by atoms with van der Waals surface area (Å²) in [6.07, 6.45) is 6.33. The molecule has 24 heavy (non-hydrogen) atoms. The number of likely N-dealkylation sites (tertiary alicyclic amines) is 1. The molecule has 2 fully saturated rings. The van der Waals surface area contributed by atoms with Crippen molar-refractivity contribution in [3.63, 3.8) is 0 Å². The molecule has 0 spiro atoms. The summed E-state index contributed by atoms with van der Waals surface area (Å²) in [4.78, 5) is 21.4.